The molecule has 0 aromatic rings. The van der Waals surface area contributed by atoms with E-state index >= 15 is 0 Å². The van der Waals surface area contributed by atoms with Crippen LogP contribution in [0.25, 0.3) is 0 Å². The molecule has 5 atom stereocenters. The van der Waals surface area contributed by atoms with Crippen LogP contribution in [0.4, 0.5) is 0 Å². The predicted molar refractivity (Wildman–Crippen MR) is 50.7 cm³/mol. The van der Waals surface area contributed by atoms with Crippen LogP contribution in [0.3, 0.4) is 0 Å². The topological polar surface area (TPSA) is 145 Å². The van der Waals surface area contributed by atoms with E-state index in [2.05, 4.69) is 5.32 Å². The monoisotopic (exact) mass is 236 g/mol. The number of carbonyl (C=O) groups excluding carboxylic acids is 1. The highest BCUT2D eigenvalue weighted by atomic mass is 16.7. The molecule has 0 aromatic heterocycles. The zero-order valence-corrected chi connectivity index (χ0v) is 8.70. The van der Waals surface area contributed by atoms with E-state index in [1.54, 1.807) is 0 Å². The van der Waals surface area contributed by atoms with Gasteiger partial charge in [-0.3, -0.25) is 10.5 Å². The van der Waals surface area contributed by atoms with E-state index in [9.17, 15) is 20.1 Å². The Labute approximate surface area is 91.6 Å². The number of aliphatic hydroxyl groups excluding tert-OH is 3. The Hall–Kier alpha value is -0.770. The van der Waals surface area contributed by atoms with Crippen LogP contribution in [-0.2, 0) is 9.53 Å². The minimum atomic E-state index is -2.35. The van der Waals surface area contributed by atoms with Crippen molar-refractivity contribution in [1.82, 2.24) is 5.32 Å². The largest absolute Gasteiger partial charge is 0.394 e. The predicted octanol–water partition coefficient (Wildman–Crippen LogP) is -3.79. The minimum absolute atomic E-state index is 0.550. The van der Waals surface area contributed by atoms with E-state index < -0.39 is 42.8 Å². The molecule has 0 spiro atoms. The molecule has 7 N–H and O–H groups in total. The van der Waals surface area contributed by atoms with Crippen molar-refractivity contribution in [3.63, 3.8) is 0 Å². The van der Waals surface area contributed by atoms with Crippen LogP contribution >= 0.6 is 0 Å². The number of nitrogens with two attached hydrogens (primary N) is 1. The van der Waals surface area contributed by atoms with Gasteiger partial charge in [0.1, 0.15) is 24.4 Å². The molecule has 1 saturated heterocycles. The van der Waals surface area contributed by atoms with Crippen molar-refractivity contribution in [2.24, 2.45) is 5.73 Å². The zero-order valence-electron chi connectivity index (χ0n) is 8.70. The zero-order chi connectivity index (χ0) is 12.5. The van der Waals surface area contributed by atoms with Crippen LogP contribution in [-0.4, -0.2) is 63.2 Å². The quantitative estimate of drug-likeness (QED) is 0.270. The van der Waals surface area contributed by atoms with Gasteiger partial charge in [-0.1, -0.05) is 0 Å². The number of amides is 1. The molecule has 1 fully saturated rings. The molecule has 8 heteroatoms. The van der Waals surface area contributed by atoms with Crippen LogP contribution in [0, 0.1) is 0 Å². The van der Waals surface area contributed by atoms with E-state index in [4.69, 9.17) is 15.6 Å². The Morgan fingerprint density at radius 1 is 1.50 bits per heavy atom. The van der Waals surface area contributed by atoms with Gasteiger partial charge >= 0.3 is 0 Å². The van der Waals surface area contributed by atoms with E-state index in [0.717, 1.165) is 6.92 Å². The number of hydrogen-bond acceptors (Lipinski definition) is 7. The van der Waals surface area contributed by atoms with Gasteiger partial charge in [0.25, 0.3) is 0 Å². The molecule has 0 bridgehead atoms. The van der Waals surface area contributed by atoms with Crippen LogP contribution in [0.15, 0.2) is 0 Å². The number of ether oxygens (including phenoxy) is 1. The SMILES string of the molecule is CC(=O)N[C@@H]1[C@@H](O)[C@H](O)[C@@H](CO)OC1(N)O. The van der Waals surface area contributed by atoms with Gasteiger partial charge < -0.3 is 30.5 Å². The maximum Gasteiger partial charge on any atom is 0.246 e. The Kier molecular flexibility index (Phi) is 3.84. The summed E-state index contributed by atoms with van der Waals surface area (Å²) in [5, 5.41) is 39.8. The lowest BCUT2D eigenvalue weighted by Crippen LogP contribution is -2.73. The summed E-state index contributed by atoms with van der Waals surface area (Å²) in [4.78, 5) is 10.8. The summed E-state index contributed by atoms with van der Waals surface area (Å²) < 4.78 is 4.78. The average Bonchev–Trinajstić information content (AvgIpc) is 2.18. The second kappa shape index (κ2) is 4.62. The van der Waals surface area contributed by atoms with Crippen LogP contribution in [0.5, 0.6) is 0 Å². The lowest BCUT2D eigenvalue weighted by Gasteiger charge is -2.45. The molecule has 1 rings (SSSR count). The van der Waals surface area contributed by atoms with Gasteiger partial charge in [-0.25, -0.2) is 0 Å². The molecule has 1 amide bonds. The number of aliphatic hydroxyl groups is 4. The fourth-order valence-corrected chi connectivity index (χ4v) is 1.60. The van der Waals surface area contributed by atoms with E-state index in [0.29, 0.717) is 0 Å². The van der Waals surface area contributed by atoms with Crippen molar-refractivity contribution >= 4 is 5.91 Å². The van der Waals surface area contributed by atoms with Gasteiger partial charge in [-0.15, -0.1) is 0 Å². The summed E-state index contributed by atoms with van der Waals surface area (Å²) in [6, 6.07) is -1.37. The minimum Gasteiger partial charge on any atom is -0.394 e. The van der Waals surface area contributed by atoms with Gasteiger partial charge in [-0.2, -0.15) is 0 Å². The molecular weight excluding hydrogens is 220 g/mol. The Morgan fingerprint density at radius 2 is 2.06 bits per heavy atom. The standard InChI is InChI=1S/C8H16N2O6/c1-3(12)10-7-6(14)5(13)4(2-11)16-8(7,9)15/h4-7,11,13-15H,2,9H2,1H3,(H,10,12)/t4-,5-,6+,7-,8?/m1/s1. The first-order chi connectivity index (χ1) is 7.29. The highest BCUT2D eigenvalue weighted by molar-refractivity contribution is 5.73. The summed E-state index contributed by atoms with van der Waals surface area (Å²) in [6.45, 7) is 0.540. The van der Waals surface area contributed by atoms with Gasteiger partial charge in [0.05, 0.1) is 6.61 Å². The highest BCUT2D eigenvalue weighted by Gasteiger charge is 2.51. The molecule has 0 radical (unpaired) electrons. The third-order valence-corrected chi connectivity index (χ3v) is 2.40. The number of hydrogen-bond donors (Lipinski definition) is 6. The van der Waals surface area contributed by atoms with Crippen LogP contribution < -0.4 is 11.1 Å². The summed E-state index contributed by atoms with van der Waals surface area (Å²) in [7, 11) is 0. The van der Waals surface area contributed by atoms with E-state index in [1.165, 1.54) is 0 Å². The Morgan fingerprint density at radius 3 is 2.50 bits per heavy atom. The maximum atomic E-state index is 10.8. The van der Waals surface area contributed by atoms with Gasteiger partial charge in [0.2, 0.25) is 11.8 Å². The molecule has 0 aliphatic carbocycles. The highest BCUT2D eigenvalue weighted by Crippen LogP contribution is 2.24. The average molecular weight is 236 g/mol. The van der Waals surface area contributed by atoms with Crippen molar-refractivity contribution < 1.29 is 30.0 Å². The Balaban J connectivity index is 2.87. The fraction of sp³-hybridized carbons (Fsp3) is 0.875. The number of carbonyl (C=O) groups is 1. The molecular formula is C8H16N2O6. The molecule has 1 aliphatic rings. The first kappa shape index (κ1) is 13.3. The smallest absolute Gasteiger partial charge is 0.246 e. The maximum absolute atomic E-state index is 10.8. The molecule has 0 saturated carbocycles. The number of rotatable bonds is 2. The van der Waals surface area contributed by atoms with Crippen molar-refractivity contribution in [3.05, 3.63) is 0 Å². The Bertz CT molecular complexity index is 271. The first-order valence-electron chi connectivity index (χ1n) is 4.72. The third-order valence-electron chi connectivity index (χ3n) is 2.40. The summed E-state index contributed by atoms with van der Waals surface area (Å²) in [6.07, 6.45) is -4.20. The molecule has 8 nitrogen and oxygen atoms in total. The normalized spacial score (nSPS) is 44.1. The van der Waals surface area contributed by atoms with E-state index in [-0.39, 0.29) is 0 Å². The van der Waals surface area contributed by atoms with Crippen LogP contribution in [0.2, 0.25) is 0 Å². The lowest BCUT2D eigenvalue weighted by molar-refractivity contribution is -0.315. The third kappa shape index (κ3) is 2.48. The molecule has 94 valence electrons. The first-order valence-corrected chi connectivity index (χ1v) is 4.72. The molecule has 1 heterocycles. The van der Waals surface area contributed by atoms with Gasteiger partial charge in [0.15, 0.2) is 0 Å². The van der Waals surface area contributed by atoms with Gasteiger partial charge in [-0.05, 0) is 0 Å². The second-order valence-electron chi connectivity index (χ2n) is 3.75. The van der Waals surface area contributed by atoms with Crippen molar-refractivity contribution in [3.8, 4) is 0 Å². The van der Waals surface area contributed by atoms with Crippen molar-refractivity contribution in [2.75, 3.05) is 6.61 Å². The van der Waals surface area contributed by atoms with Crippen molar-refractivity contribution in [1.29, 1.82) is 0 Å². The lowest BCUT2D eigenvalue weighted by atomic mass is 9.94. The summed E-state index contributed by atoms with van der Waals surface area (Å²) >= 11 is 0. The summed E-state index contributed by atoms with van der Waals surface area (Å²) in [5.74, 6) is -2.90. The van der Waals surface area contributed by atoms with Crippen LogP contribution in [0.1, 0.15) is 6.92 Å². The molecule has 1 aliphatic heterocycles. The number of nitrogens with one attached hydrogen (secondary N) is 1. The van der Waals surface area contributed by atoms with Gasteiger partial charge in [0, 0.05) is 6.92 Å². The van der Waals surface area contributed by atoms with Crippen molar-refractivity contribution in [2.45, 2.75) is 37.2 Å². The molecule has 1 unspecified atom stereocenters. The second-order valence-corrected chi connectivity index (χ2v) is 3.75. The molecule has 16 heavy (non-hydrogen) atoms. The summed E-state index contributed by atoms with van der Waals surface area (Å²) in [5.41, 5.74) is 5.33. The molecule has 0 aromatic carbocycles. The van der Waals surface area contributed by atoms with E-state index in [1.807, 2.05) is 0 Å². The fourth-order valence-electron chi connectivity index (χ4n) is 1.60.